The Morgan fingerprint density at radius 1 is 1.16 bits per heavy atom. The van der Waals surface area contributed by atoms with Crippen molar-refractivity contribution in [3.63, 3.8) is 0 Å². The van der Waals surface area contributed by atoms with Crippen molar-refractivity contribution in [3.8, 4) is 0 Å². The van der Waals surface area contributed by atoms with Gasteiger partial charge >= 0.3 is 5.97 Å². The maximum Gasteiger partial charge on any atom is 0.310 e. The minimum absolute atomic E-state index is 0.176. The molecule has 5 heteroatoms. The van der Waals surface area contributed by atoms with E-state index in [-0.39, 0.29) is 11.7 Å². The maximum atomic E-state index is 13.6. The second kappa shape index (κ2) is 6.67. The molecule has 4 nitrogen and oxygen atoms in total. The van der Waals surface area contributed by atoms with E-state index in [1.54, 1.807) is 43.3 Å². The summed E-state index contributed by atoms with van der Waals surface area (Å²) in [5.41, 5.74) is 1.15. The van der Waals surface area contributed by atoms with Gasteiger partial charge in [0, 0.05) is 5.69 Å². The molecule has 2 N–H and O–H groups in total. The standard InChI is InChI=1S/C20H20FNO3/c1-13(18(23)24)14-5-2-8-17(11-14)22-19(25)20(9-4-10-20)15-6-3-7-16(21)12-15/h2-3,5-8,11-13H,4,9-10H2,1H3,(H,22,25)(H,23,24). The molecular formula is C20H20FNO3. The lowest BCUT2D eigenvalue weighted by atomic mass is 9.63. The van der Waals surface area contributed by atoms with E-state index in [0.29, 0.717) is 29.7 Å². The highest BCUT2D eigenvalue weighted by Crippen LogP contribution is 2.44. The van der Waals surface area contributed by atoms with Gasteiger partial charge in [-0.1, -0.05) is 30.7 Å². The van der Waals surface area contributed by atoms with E-state index < -0.39 is 17.3 Å². The van der Waals surface area contributed by atoms with Gasteiger partial charge in [0.2, 0.25) is 5.91 Å². The van der Waals surface area contributed by atoms with Crippen LogP contribution in [-0.4, -0.2) is 17.0 Å². The first-order chi connectivity index (χ1) is 11.9. The number of carbonyl (C=O) groups is 2. The topological polar surface area (TPSA) is 66.4 Å². The van der Waals surface area contributed by atoms with Gasteiger partial charge in [-0.2, -0.15) is 0 Å². The molecule has 0 saturated heterocycles. The van der Waals surface area contributed by atoms with Gasteiger partial charge in [0.25, 0.3) is 0 Å². The fourth-order valence-electron chi connectivity index (χ4n) is 3.24. The second-order valence-electron chi connectivity index (χ2n) is 6.59. The van der Waals surface area contributed by atoms with E-state index in [0.717, 1.165) is 6.42 Å². The molecule has 0 radical (unpaired) electrons. The van der Waals surface area contributed by atoms with Crippen LogP contribution in [0.15, 0.2) is 48.5 Å². The van der Waals surface area contributed by atoms with Gasteiger partial charge in [-0.05, 0) is 55.2 Å². The van der Waals surface area contributed by atoms with Crippen LogP contribution >= 0.6 is 0 Å². The van der Waals surface area contributed by atoms with Crippen LogP contribution < -0.4 is 5.32 Å². The zero-order chi connectivity index (χ0) is 18.0. The molecule has 1 atom stereocenters. The van der Waals surface area contributed by atoms with Crippen molar-refractivity contribution in [1.29, 1.82) is 0 Å². The summed E-state index contributed by atoms with van der Waals surface area (Å²) < 4.78 is 13.6. The first-order valence-electron chi connectivity index (χ1n) is 8.33. The van der Waals surface area contributed by atoms with Gasteiger partial charge < -0.3 is 10.4 Å². The van der Waals surface area contributed by atoms with Crippen molar-refractivity contribution in [3.05, 3.63) is 65.5 Å². The molecule has 3 rings (SSSR count). The van der Waals surface area contributed by atoms with Crippen molar-refractivity contribution in [2.75, 3.05) is 5.32 Å². The lowest BCUT2D eigenvalue weighted by Crippen LogP contribution is -2.46. The molecule has 2 aromatic rings. The van der Waals surface area contributed by atoms with Crippen molar-refractivity contribution in [2.24, 2.45) is 0 Å². The predicted octanol–water partition coefficient (Wildman–Crippen LogP) is 4.07. The first kappa shape index (κ1) is 17.1. The van der Waals surface area contributed by atoms with E-state index in [9.17, 15) is 14.0 Å². The number of carboxylic acids is 1. The SMILES string of the molecule is CC(C(=O)O)c1cccc(NC(=O)C2(c3cccc(F)c3)CCC2)c1. The fourth-order valence-corrected chi connectivity index (χ4v) is 3.24. The summed E-state index contributed by atoms with van der Waals surface area (Å²) in [5.74, 6) is -2.10. The van der Waals surface area contributed by atoms with Crippen molar-refractivity contribution < 1.29 is 19.1 Å². The third-order valence-electron chi connectivity index (χ3n) is 5.03. The molecule has 1 fully saturated rings. The maximum absolute atomic E-state index is 13.6. The highest BCUT2D eigenvalue weighted by atomic mass is 19.1. The molecule has 25 heavy (non-hydrogen) atoms. The Bertz CT molecular complexity index is 814. The number of halogens is 1. The molecule has 1 aliphatic rings. The number of carboxylic acid groups (broad SMARTS) is 1. The van der Waals surface area contributed by atoms with Crippen LogP contribution in [0.4, 0.5) is 10.1 Å². The summed E-state index contributed by atoms with van der Waals surface area (Å²) in [7, 11) is 0. The number of anilines is 1. The normalized spacial score (nSPS) is 16.6. The van der Waals surface area contributed by atoms with Crippen LogP contribution in [0.3, 0.4) is 0 Å². The van der Waals surface area contributed by atoms with Crippen LogP contribution in [0, 0.1) is 5.82 Å². The zero-order valence-corrected chi connectivity index (χ0v) is 14.0. The summed E-state index contributed by atoms with van der Waals surface area (Å²) in [5, 5.41) is 12.0. The molecule has 1 aliphatic carbocycles. The average Bonchev–Trinajstić information content (AvgIpc) is 2.53. The third-order valence-corrected chi connectivity index (χ3v) is 5.03. The van der Waals surface area contributed by atoms with E-state index in [4.69, 9.17) is 5.11 Å². The van der Waals surface area contributed by atoms with Gasteiger partial charge in [0.15, 0.2) is 0 Å². The van der Waals surface area contributed by atoms with Crippen LogP contribution in [0.5, 0.6) is 0 Å². The van der Waals surface area contributed by atoms with Crippen LogP contribution in [-0.2, 0) is 15.0 Å². The molecule has 0 bridgehead atoms. The van der Waals surface area contributed by atoms with Crippen LogP contribution in [0.1, 0.15) is 43.2 Å². The zero-order valence-electron chi connectivity index (χ0n) is 14.0. The molecule has 130 valence electrons. The Balaban J connectivity index is 1.84. The smallest absolute Gasteiger partial charge is 0.310 e. The number of hydrogen-bond donors (Lipinski definition) is 2. The summed E-state index contributed by atoms with van der Waals surface area (Å²) in [6, 6.07) is 13.0. The van der Waals surface area contributed by atoms with Gasteiger partial charge in [-0.25, -0.2) is 4.39 Å². The van der Waals surface area contributed by atoms with Gasteiger partial charge in [-0.3, -0.25) is 9.59 Å². The van der Waals surface area contributed by atoms with Gasteiger partial charge in [0.1, 0.15) is 5.82 Å². The molecule has 1 unspecified atom stereocenters. The molecule has 0 spiro atoms. The van der Waals surface area contributed by atoms with Crippen molar-refractivity contribution in [1.82, 2.24) is 0 Å². The van der Waals surface area contributed by atoms with Crippen molar-refractivity contribution >= 4 is 17.6 Å². The lowest BCUT2D eigenvalue weighted by molar-refractivity contribution is -0.138. The molecule has 0 heterocycles. The quantitative estimate of drug-likeness (QED) is 0.861. The summed E-state index contributed by atoms with van der Waals surface area (Å²) in [6.45, 7) is 1.60. The second-order valence-corrected chi connectivity index (χ2v) is 6.59. The fraction of sp³-hybridized carbons (Fsp3) is 0.300. The first-order valence-corrected chi connectivity index (χ1v) is 8.33. The Morgan fingerprint density at radius 2 is 1.88 bits per heavy atom. The Morgan fingerprint density at radius 3 is 2.48 bits per heavy atom. The average molecular weight is 341 g/mol. The van der Waals surface area contributed by atoms with Crippen LogP contribution in [0.2, 0.25) is 0 Å². The van der Waals surface area contributed by atoms with E-state index in [1.807, 2.05) is 0 Å². The molecule has 2 aromatic carbocycles. The van der Waals surface area contributed by atoms with Gasteiger partial charge in [0.05, 0.1) is 11.3 Å². The van der Waals surface area contributed by atoms with E-state index in [1.165, 1.54) is 12.1 Å². The Labute approximate surface area is 145 Å². The summed E-state index contributed by atoms with van der Waals surface area (Å²) in [4.78, 5) is 24.0. The number of amides is 1. The summed E-state index contributed by atoms with van der Waals surface area (Å²) >= 11 is 0. The number of rotatable bonds is 5. The van der Waals surface area contributed by atoms with Crippen molar-refractivity contribution in [2.45, 2.75) is 37.5 Å². The predicted molar refractivity (Wildman–Crippen MR) is 93.1 cm³/mol. The molecule has 0 aliphatic heterocycles. The lowest BCUT2D eigenvalue weighted by Gasteiger charge is -2.40. The molecular weight excluding hydrogens is 321 g/mol. The third kappa shape index (κ3) is 3.27. The van der Waals surface area contributed by atoms with Gasteiger partial charge in [-0.15, -0.1) is 0 Å². The highest BCUT2D eigenvalue weighted by Gasteiger charge is 2.45. The molecule has 1 saturated carbocycles. The highest BCUT2D eigenvalue weighted by molar-refractivity contribution is 6.00. The molecule has 1 amide bonds. The number of aliphatic carboxylic acids is 1. The minimum Gasteiger partial charge on any atom is -0.481 e. The van der Waals surface area contributed by atoms with E-state index >= 15 is 0 Å². The number of nitrogens with one attached hydrogen (secondary N) is 1. The number of benzene rings is 2. The van der Waals surface area contributed by atoms with Crippen LogP contribution in [0.25, 0.3) is 0 Å². The Kier molecular flexibility index (Phi) is 4.57. The minimum atomic E-state index is -0.918. The monoisotopic (exact) mass is 341 g/mol. The Hall–Kier alpha value is -2.69. The number of carbonyl (C=O) groups excluding carboxylic acids is 1. The summed E-state index contributed by atoms with van der Waals surface area (Å²) in [6.07, 6.45) is 2.26. The van der Waals surface area contributed by atoms with E-state index in [2.05, 4.69) is 5.32 Å². The molecule has 0 aromatic heterocycles. The number of hydrogen-bond acceptors (Lipinski definition) is 2. The largest absolute Gasteiger partial charge is 0.481 e.